The molecule has 176 valence electrons. The molecule has 0 atom stereocenters. The van der Waals surface area contributed by atoms with E-state index in [1.807, 2.05) is 80.2 Å². The number of benzene rings is 2. The fraction of sp³-hybridized carbons (Fsp3) is 0.296. The van der Waals surface area contributed by atoms with Gasteiger partial charge in [0.25, 0.3) is 5.91 Å². The predicted octanol–water partition coefficient (Wildman–Crippen LogP) is 6.49. The largest absolute Gasteiger partial charge is 0.493 e. The number of para-hydroxylation sites is 1. The Balaban J connectivity index is 1.77. The Hall–Kier alpha value is -2.90. The maximum Gasteiger partial charge on any atom is 0.266 e. The summed E-state index contributed by atoms with van der Waals surface area (Å²) in [7, 11) is 0. The van der Waals surface area contributed by atoms with Crippen LogP contribution in [0.15, 0.2) is 59.6 Å². The lowest BCUT2D eigenvalue weighted by Gasteiger charge is -2.18. The molecule has 1 aromatic heterocycles. The van der Waals surface area contributed by atoms with Gasteiger partial charge in [-0.15, -0.1) is 0 Å². The van der Waals surface area contributed by atoms with E-state index in [2.05, 4.69) is 19.9 Å². The van der Waals surface area contributed by atoms with E-state index in [4.69, 9.17) is 22.1 Å². The highest BCUT2D eigenvalue weighted by molar-refractivity contribution is 8.26. The number of nitrogens with zero attached hydrogens (tertiary/aromatic N) is 3. The van der Waals surface area contributed by atoms with Gasteiger partial charge in [0.05, 0.1) is 17.2 Å². The molecule has 0 N–H and O–H groups in total. The molecule has 4 rings (SSSR count). The predicted molar refractivity (Wildman–Crippen MR) is 144 cm³/mol. The first-order valence-corrected chi connectivity index (χ1v) is 12.6. The van der Waals surface area contributed by atoms with Gasteiger partial charge in [-0.1, -0.05) is 56.0 Å². The molecule has 5 nitrogen and oxygen atoms in total. The summed E-state index contributed by atoms with van der Waals surface area (Å²) in [5, 5.41) is 4.90. The molecule has 1 aliphatic rings. The standard InChI is InChI=1S/C27H29N3O2S2/c1-17(2)16-32-23-12-11-20(13-19(23)5)25-21(15-29(28-25)22-9-7-6-8-10-22)14-24-26(31)30(18(3)4)27(33)34-24/h6-15,17-18H,16H2,1-5H3/b24-14+. The van der Waals surface area contributed by atoms with Crippen LogP contribution in [0.2, 0.25) is 0 Å². The van der Waals surface area contributed by atoms with Crippen molar-refractivity contribution in [3.05, 3.63) is 70.8 Å². The van der Waals surface area contributed by atoms with Gasteiger partial charge in [0.1, 0.15) is 15.8 Å². The van der Waals surface area contributed by atoms with Gasteiger partial charge in [-0.25, -0.2) is 4.68 Å². The van der Waals surface area contributed by atoms with Gasteiger partial charge in [0, 0.05) is 23.4 Å². The SMILES string of the molecule is Cc1cc(-c2nn(-c3ccccc3)cc2/C=C2/SC(=S)N(C(C)C)C2=O)ccc1OCC(C)C. The smallest absolute Gasteiger partial charge is 0.266 e. The van der Waals surface area contributed by atoms with E-state index >= 15 is 0 Å². The maximum absolute atomic E-state index is 13.0. The number of aryl methyl sites for hydroxylation is 1. The number of hydrogen-bond acceptors (Lipinski definition) is 5. The summed E-state index contributed by atoms with van der Waals surface area (Å²) < 4.78 is 8.39. The summed E-state index contributed by atoms with van der Waals surface area (Å²) in [5.74, 6) is 1.27. The van der Waals surface area contributed by atoms with Crippen LogP contribution in [0.25, 0.3) is 23.0 Å². The molecule has 34 heavy (non-hydrogen) atoms. The van der Waals surface area contributed by atoms with E-state index in [1.54, 1.807) is 4.90 Å². The van der Waals surface area contributed by atoms with Crippen LogP contribution >= 0.6 is 24.0 Å². The molecule has 1 saturated heterocycles. The lowest BCUT2D eigenvalue weighted by Crippen LogP contribution is -2.34. The molecule has 1 fully saturated rings. The number of amides is 1. The second-order valence-electron chi connectivity index (χ2n) is 9.04. The highest BCUT2D eigenvalue weighted by Crippen LogP contribution is 2.36. The van der Waals surface area contributed by atoms with Gasteiger partial charge in [0.2, 0.25) is 0 Å². The van der Waals surface area contributed by atoms with E-state index < -0.39 is 0 Å². The van der Waals surface area contributed by atoms with Crippen LogP contribution < -0.4 is 4.74 Å². The van der Waals surface area contributed by atoms with Gasteiger partial charge in [-0.05, 0) is 68.7 Å². The molecule has 0 saturated carbocycles. The minimum atomic E-state index is -0.0583. The number of thioether (sulfide) groups is 1. The Labute approximate surface area is 210 Å². The van der Waals surface area contributed by atoms with Crippen molar-refractivity contribution in [2.75, 3.05) is 6.61 Å². The van der Waals surface area contributed by atoms with Crippen molar-refractivity contribution in [3.63, 3.8) is 0 Å². The molecule has 0 unspecified atom stereocenters. The molecule has 0 aliphatic carbocycles. The molecule has 0 spiro atoms. The number of carbonyl (C=O) groups excluding carboxylic acids is 1. The molecule has 1 aliphatic heterocycles. The van der Waals surface area contributed by atoms with Crippen LogP contribution in [-0.4, -0.2) is 37.6 Å². The van der Waals surface area contributed by atoms with E-state index in [0.29, 0.717) is 21.8 Å². The summed E-state index contributed by atoms with van der Waals surface area (Å²) in [6, 6.07) is 16.1. The van der Waals surface area contributed by atoms with Crippen LogP contribution in [0.4, 0.5) is 0 Å². The zero-order chi connectivity index (χ0) is 24.4. The zero-order valence-electron chi connectivity index (χ0n) is 20.1. The fourth-order valence-electron chi connectivity index (χ4n) is 3.71. The fourth-order valence-corrected chi connectivity index (χ4v) is 5.23. The van der Waals surface area contributed by atoms with E-state index in [1.165, 1.54) is 11.8 Å². The van der Waals surface area contributed by atoms with Crippen LogP contribution in [0.3, 0.4) is 0 Å². The van der Waals surface area contributed by atoms with Crippen molar-refractivity contribution < 1.29 is 9.53 Å². The van der Waals surface area contributed by atoms with Crippen LogP contribution in [0.5, 0.6) is 5.75 Å². The molecular weight excluding hydrogens is 462 g/mol. The van der Waals surface area contributed by atoms with Crippen molar-refractivity contribution in [1.82, 2.24) is 14.7 Å². The van der Waals surface area contributed by atoms with Gasteiger partial charge < -0.3 is 4.74 Å². The molecule has 2 aromatic carbocycles. The lowest BCUT2D eigenvalue weighted by molar-refractivity contribution is -0.123. The van der Waals surface area contributed by atoms with Crippen molar-refractivity contribution in [1.29, 1.82) is 0 Å². The second kappa shape index (κ2) is 10.2. The topological polar surface area (TPSA) is 47.4 Å². The van der Waals surface area contributed by atoms with Gasteiger partial charge in [0.15, 0.2) is 0 Å². The number of rotatable bonds is 7. The highest BCUT2D eigenvalue weighted by Gasteiger charge is 2.34. The van der Waals surface area contributed by atoms with E-state index in [9.17, 15) is 4.79 Å². The first kappa shape index (κ1) is 24.2. The van der Waals surface area contributed by atoms with Gasteiger partial charge >= 0.3 is 0 Å². The quantitative estimate of drug-likeness (QED) is 0.279. The number of hydrogen-bond donors (Lipinski definition) is 0. The van der Waals surface area contributed by atoms with Crippen molar-refractivity contribution in [2.24, 2.45) is 5.92 Å². The first-order valence-electron chi connectivity index (χ1n) is 11.4. The van der Waals surface area contributed by atoms with Crippen LogP contribution in [0.1, 0.15) is 38.8 Å². The summed E-state index contributed by atoms with van der Waals surface area (Å²) in [4.78, 5) is 15.3. The average molecular weight is 492 g/mol. The Kier molecular flexibility index (Phi) is 7.24. The number of thiocarbonyl (C=S) groups is 1. The van der Waals surface area contributed by atoms with E-state index in [0.717, 1.165) is 33.8 Å². The molecule has 0 radical (unpaired) electrons. The van der Waals surface area contributed by atoms with Crippen LogP contribution in [0, 0.1) is 12.8 Å². The molecule has 2 heterocycles. The Morgan fingerprint density at radius 1 is 1.12 bits per heavy atom. The molecule has 3 aromatic rings. The number of carbonyl (C=O) groups is 1. The number of aromatic nitrogens is 2. The Bertz CT molecular complexity index is 1250. The van der Waals surface area contributed by atoms with Gasteiger partial charge in [-0.3, -0.25) is 9.69 Å². The lowest BCUT2D eigenvalue weighted by atomic mass is 10.0. The van der Waals surface area contributed by atoms with Crippen molar-refractivity contribution in [3.8, 4) is 22.7 Å². The molecule has 0 bridgehead atoms. The van der Waals surface area contributed by atoms with E-state index in [-0.39, 0.29) is 11.9 Å². The van der Waals surface area contributed by atoms with Crippen molar-refractivity contribution >= 4 is 40.3 Å². The monoisotopic (exact) mass is 491 g/mol. The average Bonchev–Trinajstić information content (AvgIpc) is 3.34. The highest BCUT2D eigenvalue weighted by atomic mass is 32.2. The Morgan fingerprint density at radius 2 is 1.85 bits per heavy atom. The third-order valence-corrected chi connectivity index (χ3v) is 6.74. The normalized spacial score (nSPS) is 15.3. The van der Waals surface area contributed by atoms with Crippen molar-refractivity contribution in [2.45, 2.75) is 40.7 Å². The number of ether oxygens (including phenoxy) is 1. The first-order chi connectivity index (χ1) is 16.2. The molecular formula is C27H29N3O2S2. The third kappa shape index (κ3) is 5.10. The Morgan fingerprint density at radius 3 is 2.47 bits per heavy atom. The maximum atomic E-state index is 13.0. The van der Waals surface area contributed by atoms with Crippen LogP contribution in [-0.2, 0) is 4.79 Å². The summed E-state index contributed by atoms with van der Waals surface area (Å²) in [6.45, 7) is 10.9. The summed E-state index contributed by atoms with van der Waals surface area (Å²) in [6.07, 6.45) is 3.87. The zero-order valence-corrected chi connectivity index (χ0v) is 21.7. The summed E-state index contributed by atoms with van der Waals surface area (Å²) in [5.41, 5.74) is 4.63. The molecule has 1 amide bonds. The minimum absolute atomic E-state index is 0.0194. The summed E-state index contributed by atoms with van der Waals surface area (Å²) >= 11 is 6.80. The third-order valence-electron chi connectivity index (χ3n) is 5.41. The van der Waals surface area contributed by atoms with Gasteiger partial charge in [-0.2, -0.15) is 5.10 Å². The second-order valence-corrected chi connectivity index (χ2v) is 10.7. The minimum Gasteiger partial charge on any atom is -0.493 e. The molecule has 7 heteroatoms.